The first-order chi connectivity index (χ1) is 11.5. The topological polar surface area (TPSA) is 57.7 Å². The Kier molecular flexibility index (Phi) is 5.03. The summed E-state index contributed by atoms with van der Waals surface area (Å²) in [5.74, 6) is -0.180. The summed E-state index contributed by atoms with van der Waals surface area (Å²) < 4.78 is 27.5. The molecule has 1 aliphatic heterocycles. The molecule has 0 bridgehead atoms. The molecule has 1 unspecified atom stereocenters. The Bertz CT molecular complexity index is 789. The van der Waals surface area contributed by atoms with Crippen molar-refractivity contribution in [3.05, 3.63) is 47.8 Å². The van der Waals surface area contributed by atoms with E-state index >= 15 is 0 Å². The maximum atomic E-state index is 12.9. The van der Waals surface area contributed by atoms with Gasteiger partial charge in [0.2, 0.25) is 5.91 Å². The van der Waals surface area contributed by atoms with Gasteiger partial charge in [-0.15, -0.1) is 11.3 Å². The minimum Gasteiger partial charge on any atom is -0.314 e. The number of hydrogen-bond donors (Lipinski definition) is 0. The Labute approximate surface area is 146 Å². The van der Waals surface area contributed by atoms with E-state index in [1.54, 1.807) is 29.5 Å². The molecule has 0 aliphatic carbocycles. The smallest absolute Gasteiger partial charge is 0.253 e. The number of rotatable bonds is 4. The van der Waals surface area contributed by atoms with Gasteiger partial charge < -0.3 is 4.90 Å². The predicted octanol–water partition coefficient (Wildman–Crippen LogP) is 2.95. The molecule has 5 nitrogen and oxygen atoms in total. The Balaban J connectivity index is 1.89. The number of hydrogen-bond acceptors (Lipinski definition) is 4. The fraction of sp³-hybridized carbons (Fsp3) is 0.353. The second-order valence-electron chi connectivity index (χ2n) is 5.79. The van der Waals surface area contributed by atoms with E-state index in [4.69, 9.17) is 0 Å². The number of anilines is 1. The monoisotopic (exact) mass is 364 g/mol. The number of thiophene rings is 1. The van der Waals surface area contributed by atoms with E-state index in [1.165, 1.54) is 15.6 Å². The average molecular weight is 364 g/mol. The lowest BCUT2D eigenvalue weighted by Crippen LogP contribution is -2.52. The molecule has 1 amide bonds. The molecular weight excluding hydrogens is 344 g/mol. The van der Waals surface area contributed by atoms with Crippen LogP contribution in [-0.2, 0) is 14.8 Å². The maximum Gasteiger partial charge on any atom is 0.253 e. The molecule has 1 aromatic carbocycles. The number of para-hydroxylation sites is 1. The number of amides is 1. The molecule has 1 aromatic heterocycles. The summed E-state index contributed by atoms with van der Waals surface area (Å²) in [5.41, 5.74) is 0.765. The van der Waals surface area contributed by atoms with Gasteiger partial charge in [-0.3, -0.25) is 4.79 Å². The third kappa shape index (κ3) is 3.24. The Morgan fingerprint density at radius 2 is 1.92 bits per heavy atom. The fourth-order valence-corrected chi connectivity index (χ4v) is 5.74. The lowest BCUT2D eigenvalue weighted by molar-refractivity contribution is -0.122. The predicted molar refractivity (Wildman–Crippen MR) is 95.7 cm³/mol. The van der Waals surface area contributed by atoms with Crippen LogP contribution < -0.4 is 4.90 Å². The lowest BCUT2D eigenvalue weighted by Gasteiger charge is -2.35. The van der Waals surface area contributed by atoms with Gasteiger partial charge in [0.1, 0.15) is 10.3 Å². The van der Waals surface area contributed by atoms with Crippen molar-refractivity contribution >= 4 is 33.0 Å². The quantitative estimate of drug-likeness (QED) is 0.838. The molecule has 1 fully saturated rings. The minimum absolute atomic E-state index is 0.180. The Hall–Kier alpha value is -1.70. The molecular formula is C17H20N2O3S2. The number of carbonyl (C=O) groups is 1. The van der Waals surface area contributed by atoms with E-state index in [0.717, 1.165) is 18.5 Å². The van der Waals surface area contributed by atoms with Gasteiger partial charge in [0.15, 0.2) is 0 Å². The summed E-state index contributed by atoms with van der Waals surface area (Å²) in [6.45, 7) is 0.388. The van der Waals surface area contributed by atoms with E-state index < -0.39 is 16.1 Å². The van der Waals surface area contributed by atoms with Gasteiger partial charge in [-0.2, -0.15) is 4.31 Å². The summed E-state index contributed by atoms with van der Waals surface area (Å²) in [6, 6.07) is 12.0. The standard InChI is InChI=1S/C17H20N2O3S2/c1-18(14-8-3-2-4-9-14)17(20)15-10-5-6-12-19(15)24(21,22)16-11-7-13-23-16/h2-4,7-9,11,13,15H,5-6,10,12H2,1H3. The van der Waals surface area contributed by atoms with Crippen LogP contribution in [0.2, 0.25) is 0 Å². The normalized spacial score (nSPS) is 19.1. The maximum absolute atomic E-state index is 12.9. The van der Waals surface area contributed by atoms with Crippen LogP contribution in [0.3, 0.4) is 0 Å². The minimum atomic E-state index is -3.62. The summed E-state index contributed by atoms with van der Waals surface area (Å²) in [5, 5.41) is 1.74. The van der Waals surface area contributed by atoms with Crippen LogP contribution in [0.4, 0.5) is 5.69 Å². The van der Waals surface area contributed by atoms with E-state index in [-0.39, 0.29) is 5.91 Å². The highest BCUT2D eigenvalue weighted by Gasteiger charge is 2.39. The second kappa shape index (κ2) is 7.04. The molecule has 2 aromatic rings. The highest BCUT2D eigenvalue weighted by Crippen LogP contribution is 2.29. The number of benzene rings is 1. The zero-order chi connectivity index (χ0) is 17.2. The van der Waals surface area contributed by atoms with Crippen LogP contribution in [0.1, 0.15) is 19.3 Å². The van der Waals surface area contributed by atoms with Crippen molar-refractivity contribution in [3.63, 3.8) is 0 Å². The van der Waals surface area contributed by atoms with E-state index in [1.807, 2.05) is 30.3 Å². The van der Waals surface area contributed by atoms with Crippen molar-refractivity contribution < 1.29 is 13.2 Å². The highest BCUT2D eigenvalue weighted by molar-refractivity contribution is 7.91. The van der Waals surface area contributed by atoms with E-state index in [2.05, 4.69) is 0 Å². The molecule has 24 heavy (non-hydrogen) atoms. The largest absolute Gasteiger partial charge is 0.314 e. The first kappa shape index (κ1) is 17.1. The Morgan fingerprint density at radius 3 is 2.58 bits per heavy atom. The molecule has 7 heteroatoms. The van der Waals surface area contributed by atoms with Crippen LogP contribution in [0.15, 0.2) is 52.1 Å². The molecule has 128 valence electrons. The molecule has 2 heterocycles. The van der Waals surface area contributed by atoms with Gasteiger partial charge >= 0.3 is 0 Å². The van der Waals surface area contributed by atoms with Crippen molar-refractivity contribution in [1.82, 2.24) is 4.31 Å². The number of likely N-dealkylation sites (N-methyl/N-ethyl adjacent to an activating group) is 1. The van der Waals surface area contributed by atoms with Crippen molar-refractivity contribution in [2.45, 2.75) is 29.5 Å². The SMILES string of the molecule is CN(C(=O)C1CCCCN1S(=O)(=O)c1cccs1)c1ccccc1. The summed E-state index contributed by atoms with van der Waals surface area (Å²) in [6.07, 6.45) is 2.19. The van der Waals surface area contributed by atoms with Crippen molar-refractivity contribution in [1.29, 1.82) is 0 Å². The first-order valence-corrected chi connectivity index (χ1v) is 10.2. The fourth-order valence-electron chi connectivity index (χ4n) is 2.97. The zero-order valence-electron chi connectivity index (χ0n) is 13.5. The first-order valence-electron chi connectivity index (χ1n) is 7.90. The third-order valence-corrected chi connectivity index (χ3v) is 7.55. The van der Waals surface area contributed by atoms with E-state index in [0.29, 0.717) is 17.2 Å². The van der Waals surface area contributed by atoms with Crippen molar-refractivity contribution in [2.75, 3.05) is 18.5 Å². The summed E-state index contributed by atoms with van der Waals surface area (Å²) in [4.78, 5) is 14.5. The molecule has 1 saturated heterocycles. The van der Waals surface area contributed by atoms with Gasteiger partial charge in [0, 0.05) is 19.3 Å². The van der Waals surface area contributed by atoms with Crippen LogP contribution >= 0.6 is 11.3 Å². The Morgan fingerprint density at radius 1 is 1.17 bits per heavy atom. The van der Waals surface area contributed by atoms with Crippen molar-refractivity contribution in [2.24, 2.45) is 0 Å². The van der Waals surface area contributed by atoms with Crippen LogP contribution in [-0.4, -0.2) is 38.3 Å². The molecule has 0 radical (unpaired) electrons. The summed E-state index contributed by atoms with van der Waals surface area (Å²) in [7, 11) is -1.93. The molecule has 0 saturated carbocycles. The van der Waals surface area contributed by atoms with Gasteiger partial charge in [-0.1, -0.05) is 30.7 Å². The zero-order valence-corrected chi connectivity index (χ0v) is 15.1. The van der Waals surface area contributed by atoms with E-state index in [9.17, 15) is 13.2 Å². The lowest BCUT2D eigenvalue weighted by atomic mass is 10.0. The number of carbonyl (C=O) groups excluding carboxylic acids is 1. The molecule has 0 spiro atoms. The molecule has 3 rings (SSSR count). The average Bonchev–Trinajstić information content (AvgIpc) is 3.17. The van der Waals surface area contributed by atoms with Gasteiger partial charge in [-0.05, 0) is 36.4 Å². The third-order valence-electron chi connectivity index (χ3n) is 4.27. The van der Waals surface area contributed by atoms with Gasteiger partial charge in [-0.25, -0.2) is 8.42 Å². The van der Waals surface area contributed by atoms with Crippen LogP contribution in [0.25, 0.3) is 0 Å². The van der Waals surface area contributed by atoms with Gasteiger partial charge in [0.25, 0.3) is 10.0 Å². The highest BCUT2D eigenvalue weighted by atomic mass is 32.2. The second-order valence-corrected chi connectivity index (χ2v) is 8.86. The van der Waals surface area contributed by atoms with Crippen LogP contribution in [0, 0.1) is 0 Å². The van der Waals surface area contributed by atoms with Gasteiger partial charge in [0.05, 0.1) is 0 Å². The molecule has 1 aliphatic rings. The molecule has 1 atom stereocenters. The summed E-state index contributed by atoms with van der Waals surface area (Å²) >= 11 is 1.19. The van der Waals surface area contributed by atoms with Crippen LogP contribution in [0.5, 0.6) is 0 Å². The number of piperidine rings is 1. The number of nitrogens with zero attached hydrogens (tertiary/aromatic N) is 2. The number of sulfonamides is 1. The molecule has 0 N–H and O–H groups in total. The van der Waals surface area contributed by atoms with Crippen molar-refractivity contribution in [3.8, 4) is 0 Å².